The minimum atomic E-state index is -4.59. The molecule has 2 aromatic rings. The van der Waals surface area contributed by atoms with Gasteiger partial charge < -0.3 is 19.5 Å². The highest BCUT2D eigenvalue weighted by Gasteiger charge is 2.34. The molecule has 2 rings (SSSR count). The van der Waals surface area contributed by atoms with E-state index in [1.54, 1.807) is 43.4 Å². The van der Waals surface area contributed by atoms with Crippen LogP contribution >= 0.6 is 34.8 Å². The number of anilines is 1. The molecule has 32 heavy (non-hydrogen) atoms. The summed E-state index contributed by atoms with van der Waals surface area (Å²) in [6.45, 7) is 6.36. The Bertz CT molecular complexity index is 959. The second-order valence-corrected chi connectivity index (χ2v) is 7.85. The number of carbonyl (C=O) groups is 1. The Morgan fingerprint density at radius 1 is 1.00 bits per heavy atom. The van der Waals surface area contributed by atoms with Gasteiger partial charge in [0, 0.05) is 9.13 Å². The van der Waals surface area contributed by atoms with Gasteiger partial charge in [-0.1, -0.05) is 0 Å². The SMILES string of the molecule is CCOc1cc(C(=O)NC(=S)Nc2ccc(I)cc2C(F)(F)F)cc(OCC)c1OCC. The summed E-state index contributed by atoms with van der Waals surface area (Å²) in [5, 5.41) is 4.55. The van der Waals surface area contributed by atoms with E-state index in [1.165, 1.54) is 24.3 Å². The third kappa shape index (κ3) is 6.86. The molecule has 0 heterocycles. The van der Waals surface area contributed by atoms with Crippen LogP contribution in [0.5, 0.6) is 17.2 Å². The number of alkyl halides is 3. The van der Waals surface area contributed by atoms with Gasteiger partial charge in [0.1, 0.15) is 0 Å². The topological polar surface area (TPSA) is 68.8 Å². The van der Waals surface area contributed by atoms with E-state index in [1.807, 2.05) is 0 Å². The predicted molar refractivity (Wildman–Crippen MR) is 128 cm³/mol. The van der Waals surface area contributed by atoms with Gasteiger partial charge in [-0.25, -0.2) is 0 Å². The van der Waals surface area contributed by atoms with Crippen LogP contribution in [0.4, 0.5) is 18.9 Å². The number of amides is 1. The van der Waals surface area contributed by atoms with Gasteiger partial charge in [-0.3, -0.25) is 10.1 Å². The summed E-state index contributed by atoms with van der Waals surface area (Å²) < 4.78 is 57.1. The number of rotatable bonds is 8. The van der Waals surface area contributed by atoms with Crippen molar-refractivity contribution in [1.82, 2.24) is 5.32 Å². The van der Waals surface area contributed by atoms with Crippen LogP contribution in [0, 0.1) is 3.57 Å². The minimum absolute atomic E-state index is 0.142. The van der Waals surface area contributed by atoms with E-state index in [2.05, 4.69) is 10.6 Å². The molecule has 1 amide bonds. The molecule has 0 aliphatic carbocycles. The van der Waals surface area contributed by atoms with Crippen LogP contribution in [0.2, 0.25) is 0 Å². The molecule has 2 aromatic carbocycles. The molecule has 0 aromatic heterocycles. The van der Waals surface area contributed by atoms with Crippen LogP contribution in [-0.4, -0.2) is 30.8 Å². The van der Waals surface area contributed by atoms with Crippen molar-refractivity contribution in [3.63, 3.8) is 0 Å². The third-order valence-corrected chi connectivity index (χ3v) is 4.81. The van der Waals surface area contributed by atoms with Crippen molar-refractivity contribution in [3.8, 4) is 17.2 Å². The summed E-state index contributed by atoms with van der Waals surface area (Å²) >= 11 is 6.85. The third-order valence-electron chi connectivity index (χ3n) is 3.93. The van der Waals surface area contributed by atoms with Crippen molar-refractivity contribution in [2.24, 2.45) is 0 Å². The smallest absolute Gasteiger partial charge is 0.418 e. The average molecular weight is 582 g/mol. The molecular weight excluding hydrogens is 560 g/mol. The number of benzene rings is 2. The standard InChI is InChI=1S/C21H22F3IN2O4S/c1-4-29-16-9-12(10-17(30-5-2)18(16)31-6-3)19(28)27-20(32)26-15-8-7-13(25)11-14(15)21(22,23)24/h7-11H,4-6H2,1-3H3,(H2,26,27,28,32). The van der Waals surface area contributed by atoms with Gasteiger partial charge in [0.25, 0.3) is 5.91 Å². The van der Waals surface area contributed by atoms with Crippen molar-refractivity contribution in [2.45, 2.75) is 26.9 Å². The number of hydrogen-bond donors (Lipinski definition) is 2. The molecule has 0 unspecified atom stereocenters. The fourth-order valence-corrected chi connectivity index (χ4v) is 3.40. The van der Waals surface area contributed by atoms with Gasteiger partial charge >= 0.3 is 6.18 Å². The number of hydrogen-bond acceptors (Lipinski definition) is 5. The number of nitrogens with one attached hydrogen (secondary N) is 2. The van der Waals surface area contributed by atoms with E-state index in [9.17, 15) is 18.0 Å². The van der Waals surface area contributed by atoms with Crippen molar-refractivity contribution in [1.29, 1.82) is 0 Å². The fraction of sp³-hybridized carbons (Fsp3) is 0.333. The summed E-state index contributed by atoms with van der Waals surface area (Å²) in [5.74, 6) is 0.330. The van der Waals surface area contributed by atoms with E-state index in [4.69, 9.17) is 26.4 Å². The Morgan fingerprint density at radius 3 is 2.06 bits per heavy atom. The molecule has 174 valence electrons. The fourth-order valence-electron chi connectivity index (χ4n) is 2.71. The summed E-state index contributed by atoms with van der Waals surface area (Å²) in [6.07, 6.45) is -4.59. The summed E-state index contributed by atoms with van der Waals surface area (Å²) in [6, 6.07) is 6.66. The lowest BCUT2D eigenvalue weighted by Crippen LogP contribution is -2.34. The first kappa shape index (κ1) is 26.0. The zero-order valence-corrected chi connectivity index (χ0v) is 20.5. The Morgan fingerprint density at radius 2 is 1.56 bits per heavy atom. The average Bonchev–Trinajstić information content (AvgIpc) is 2.71. The van der Waals surface area contributed by atoms with E-state index >= 15 is 0 Å². The van der Waals surface area contributed by atoms with E-state index < -0.39 is 17.6 Å². The van der Waals surface area contributed by atoms with Crippen molar-refractivity contribution < 1.29 is 32.2 Å². The van der Waals surface area contributed by atoms with Gasteiger partial charge in [0.15, 0.2) is 16.6 Å². The maximum atomic E-state index is 13.3. The van der Waals surface area contributed by atoms with Crippen LogP contribution in [0.3, 0.4) is 0 Å². The minimum Gasteiger partial charge on any atom is -0.490 e. The van der Waals surface area contributed by atoms with Crippen molar-refractivity contribution >= 4 is 51.5 Å². The normalized spacial score (nSPS) is 11.0. The molecule has 0 saturated carbocycles. The van der Waals surface area contributed by atoms with Crippen LogP contribution < -0.4 is 24.8 Å². The molecule has 0 aliphatic heterocycles. The lowest BCUT2D eigenvalue weighted by Gasteiger charge is -2.18. The highest BCUT2D eigenvalue weighted by molar-refractivity contribution is 14.1. The van der Waals surface area contributed by atoms with Crippen LogP contribution in [0.15, 0.2) is 30.3 Å². The first-order valence-electron chi connectivity index (χ1n) is 9.66. The second kappa shape index (κ2) is 11.5. The summed E-state index contributed by atoms with van der Waals surface area (Å²) in [7, 11) is 0. The van der Waals surface area contributed by atoms with E-state index in [0.29, 0.717) is 40.6 Å². The molecule has 0 spiro atoms. The quantitative estimate of drug-likeness (QED) is 0.311. The highest BCUT2D eigenvalue weighted by Crippen LogP contribution is 2.39. The monoisotopic (exact) mass is 582 g/mol. The van der Waals surface area contributed by atoms with Gasteiger partial charge in [0.05, 0.1) is 31.1 Å². The predicted octanol–water partition coefficient (Wildman–Crippen LogP) is 5.63. The number of carbonyl (C=O) groups excluding carboxylic acids is 1. The van der Waals surface area contributed by atoms with Gasteiger partial charge in [-0.15, -0.1) is 0 Å². The molecule has 0 bridgehead atoms. The summed E-state index contributed by atoms with van der Waals surface area (Å²) in [5.41, 5.74) is -1.01. The summed E-state index contributed by atoms with van der Waals surface area (Å²) in [4.78, 5) is 12.7. The Balaban J connectivity index is 2.28. The van der Waals surface area contributed by atoms with Gasteiger partial charge in [-0.2, -0.15) is 13.2 Å². The molecule has 6 nitrogen and oxygen atoms in total. The number of halogens is 4. The van der Waals surface area contributed by atoms with Crippen LogP contribution in [0.1, 0.15) is 36.7 Å². The Kier molecular flexibility index (Phi) is 9.37. The van der Waals surface area contributed by atoms with Crippen LogP contribution in [0.25, 0.3) is 0 Å². The zero-order chi connectivity index (χ0) is 23.9. The number of thiocarbonyl (C=S) groups is 1. The van der Waals surface area contributed by atoms with E-state index in [-0.39, 0.29) is 16.4 Å². The molecule has 0 fully saturated rings. The molecule has 2 N–H and O–H groups in total. The highest BCUT2D eigenvalue weighted by atomic mass is 127. The Hall–Kier alpha value is -2.28. The maximum Gasteiger partial charge on any atom is 0.418 e. The van der Waals surface area contributed by atoms with Gasteiger partial charge in [0.2, 0.25) is 5.75 Å². The molecular formula is C21H22F3IN2O4S. The van der Waals surface area contributed by atoms with Crippen molar-refractivity contribution in [2.75, 3.05) is 25.1 Å². The molecule has 0 atom stereocenters. The first-order valence-corrected chi connectivity index (χ1v) is 11.1. The van der Waals surface area contributed by atoms with Crippen molar-refractivity contribution in [3.05, 3.63) is 45.0 Å². The zero-order valence-electron chi connectivity index (χ0n) is 17.6. The molecule has 11 heteroatoms. The molecule has 0 radical (unpaired) electrons. The molecule has 0 aliphatic rings. The van der Waals surface area contributed by atoms with E-state index in [0.717, 1.165) is 6.07 Å². The van der Waals surface area contributed by atoms with Crippen LogP contribution in [-0.2, 0) is 6.18 Å². The maximum absolute atomic E-state index is 13.3. The lowest BCUT2D eigenvalue weighted by molar-refractivity contribution is -0.137. The second-order valence-electron chi connectivity index (χ2n) is 6.20. The first-order chi connectivity index (χ1) is 15.1. The Labute approximate surface area is 202 Å². The van der Waals surface area contributed by atoms with Gasteiger partial charge in [-0.05, 0) is 85.9 Å². The largest absolute Gasteiger partial charge is 0.490 e. The molecule has 0 saturated heterocycles. The number of ether oxygens (including phenoxy) is 3. The lowest BCUT2D eigenvalue weighted by atomic mass is 10.1.